The van der Waals surface area contributed by atoms with Gasteiger partial charge in [0.15, 0.2) is 9.84 Å². The van der Waals surface area contributed by atoms with Crippen molar-refractivity contribution in [2.45, 2.75) is 4.90 Å². The lowest BCUT2D eigenvalue weighted by molar-refractivity contribution is 0.464. The number of rotatable bonds is 3. The highest BCUT2D eigenvalue weighted by molar-refractivity contribution is 14.1. The predicted octanol–water partition coefficient (Wildman–Crippen LogP) is 4.80. The molecule has 0 saturated carbocycles. The second kappa shape index (κ2) is 6.37. The summed E-state index contributed by atoms with van der Waals surface area (Å²) >= 11 is 5.70. The summed E-state index contributed by atoms with van der Waals surface area (Å²) in [6, 6.07) is 14.0. The van der Waals surface area contributed by atoms with Crippen molar-refractivity contribution in [1.29, 1.82) is 0 Å². The number of hydrogen-bond acceptors (Lipinski definition) is 4. The van der Waals surface area contributed by atoms with Crippen molar-refractivity contribution in [3.63, 3.8) is 0 Å². The maximum Gasteiger partial charge on any atom is 0.219 e. The van der Waals surface area contributed by atoms with Gasteiger partial charge in [-0.1, -0.05) is 15.9 Å². The van der Waals surface area contributed by atoms with E-state index in [-0.39, 0.29) is 4.90 Å². The molecule has 0 saturated heterocycles. The molecule has 1 aromatic heterocycles. The Kier molecular flexibility index (Phi) is 4.61. The fourth-order valence-electron chi connectivity index (χ4n) is 2.07. The lowest BCUT2D eigenvalue weighted by Gasteiger charge is -2.08. The van der Waals surface area contributed by atoms with Crippen LogP contribution in [-0.2, 0) is 9.84 Å². The van der Waals surface area contributed by atoms with Crippen LogP contribution in [0.1, 0.15) is 0 Å². The highest BCUT2D eigenvalue weighted by atomic mass is 127. The Bertz CT molecular complexity index is 988. The first kappa shape index (κ1) is 16.7. The van der Waals surface area contributed by atoms with E-state index in [2.05, 4.69) is 43.5 Å². The lowest BCUT2D eigenvalue weighted by atomic mass is 10.2. The first-order valence-corrected chi connectivity index (χ1v) is 10.3. The molecule has 1 heterocycles. The molecule has 3 rings (SSSR count). The molecular formula is C16H11BrINO3S. The van der Waals surface area contributed by atoms with Gasteiger partial charge in [-0.15, -0.1) is 0 Å². The molecule has 2 aromatic carbocycles. The summed E-state index contributed by atoms with van der Waals surface area (Å²) in [5.74, 6) is 1.00. The van der Waals surface area contributed by atoms with Crippen LogP contribution in [0, 0.1) is 3.57 Å². The van der Waals surface area contributed by atoms with E-state index < -0.39 is 9.84 Å². The molecule has 4 nitrogen and oxygen atoms in total. The maximum atomic E-state index is 11.5. The number of sulfone groups is 1. The Morgan fingerprint density at radius 1 is 1.09 bits per heavy atom. The topological polar surface area (TPSA) is 56.3 Å². The second-order valence-electron chi connectivity index (χ2n) is 4.95. The summed E-state index contributed by atoms with van der Waals surface area (Å²) in [6.45, 7) is 0. The molecule has 0 unspecified atom stereocenters. The van der Waals surface area contributed by atoms with Crippen LogP contribution < -0.4 is 4.74 Å². The fourth-order valence-corrected chi connectivity index (χ4v) is 4.37. The summed E-state index contributed by atoms with van der Waals surface area (Å²) in [7, 11) is -3.21. The molecule has 118 valence electrons. The van der Waals surface area contributed by atoms with E-state index in [9.17, 15) is 8.42 Å². The van der Waals surface area contributed by atoms with Crippen molar-refractivity contribution in [3.05, 3.63) is 56.6 Å². The third kappa shape index (κ3) is 3.84. The van der Waals surface area contributed by atoms with Gasteiger partial charge in [0, 0.05) is 25.8 Å². The van der Waals surface area contributed by atoms with Gasteiger partial charge in [0.1, 0.15) is 5.75 Å². The highest BCUT2D eigenvalue weighted by Crippen LogP contribution is 2.28. The Morgan fingerprint density at radius 3 is 2.43 bits per heavy atom. The summed E-state index contributed by atoms with van der Waals surface area (Å²) in [4.78, 5) is 4.77. The molecule has 3 aromatic rings. The Balaban J connectivity index is 1.92. The second-order valence-corrected chi connectivity index (χ2v) is 9.05. The molecule has 0 spiro atoms. The van der Waals surface area contributed by atoms with Crippen molar-refractivity contribution >= 4 is 59.3 Å². The molecule has 23 heavy (non-hydrogen) atoms. The monoisotopic (exact) mass is 503 g/mol. The summed E-state index contributed by atoms with van der Waals surface area (Å²) in [6.07, 6.45) is 1.17. The van der Waals surface area contributed by atoms with E-state index >= 15 is 0 Å². The molecule has 0 aliphatic carbocycles. The van der Waals surface area contributed by atoms with Crippen LogP contribution in [0.15, 0.2) is 57.9 Å². The molecule has 0 bridgehead atoms. The number of fused-ring (bicyclic) bond motifs is 1. The average Bonchev–Trinajstić information content (AvgIpc) is 2.47. The van der Waals surface area contributed by atoms with Crippen molar-refractivity contribution < 1.29 is 13.2 Å². The van der Waals surface area contributed by atoms with Gasteiger partial charge in [-0.25, -0.2) is 13.4 Å². The zero-order valence-electron chi connectivity index (χ0n) is 12.0. The third-order valence-corrected chi connectivity index (χ3v) is 5.57. The zero-order chi connectivity index (χ0) is 16.6. The molecule has 0 aliphatic heterocycles. The largest absolute Gasteiger partial charge is 0.439 e. The molecule has 0 aliphatic rings. The molecule has 0 fully saturated rings. The summed E-state index contributed by atoms with van der Waals surface area (Å²) in [5.41, 5.74) is 0.860. The van der Waals surface area contributed by atoms with Crippen LogP contribution in [0.2, 0.25) is 0 Å². The van der Waals surface area contributed by atoms with E-state index in [1.165, 1.54) is 18.4 Å². The quantitative estimate of drug-likeness (QED) is 0.482. The normalized spacial score (nSPS) is 11.6. The van der Waals surface area contributed by atoms with Crippen molar-refractivity contribution in [2.24, 2.45) is 0 Å². The van der Waals surface area contributed by atoms with E-state index in [1.807, 2.05) is 18.2 Å². The number of pyridine rings is 1. The first-order chi connectivity index (χ1) is 10.8. The highest BCUT2D eigenvalue weighted by Gasteiger charge is 2.08. The SMILES string of the molecule is CS(=O)(=O)c1ccc(Oc2ccc3cc(Br)cc(I)c3n2)cc1. The van der Waals surface area contributed by atoms with Crippen LogP contribution in [0.25, 0.3) is 10.9 Å². The molecule has 0 atom stereocenters. The van der Waals surface area contributed by atoms with E-state index in [1.54, 1.807) is 18.2 Å². The number of hydrogen-bond donors (Lipinski definition) is 0. The van der Waals surface area contributed by atoms with Crippen molar-refractivity contribution in [2.75, 3.05) is 6.26 Å². The lowest BCUT2D eigenvalue weighted by Crippen LogP contribution is -1.96. The molecular weight excluding hydrogens is 493 g/mol. The van der Waals surface area contributed by atoms with Gasteiger partial charge in [-0.3, -0.25) is 0 Å². The smallest absolute Gasteiger partial charge is 0.219 e. The number of ether oxygens (including phenoxy) is 1. The molecule has 0 radical (unpaired) electrons. The number of nitrogens with zero attached hydrogens (tertiary/aromatic N) is 1. The van der Waals surface area contributed by atoms with E-state index in [0.29, 0.717) is 11.6 Å². The molecule has 7 heteroatoms. The van der Waals surface area contributed by atoms with E-state index in [0.717, 1.165) is 18.9 Å². The minimum atomic E-state index is -3.21. The van der Waals surface area contributed by atoms with Crippen LogP contribution in [0.3, 0.4) is 0 Å². The predicted molar refractivity (Wildman–Crippen MR) is 102 cm³/mol. The minimum absolute atomic E-state index is 0.260. The third-order valence-electron chi connectivity index (χ3n) is 3.16. The maximum absolute atomic E-state index is 11.5. The Labute approximate surface area is 156 Å². The Morgan fingerprint density at radius 2 is 1.78 bits per heavy atom. The Hall–Kier alpha value is -1.19. The van der Waals surface area contributed by atoms with E-state index in [4.69, 9.17) is 4.74 Å². The summed E-state index contributed by atoms with van der Waals surface area (Å²) in [5, 5.41) is 1.02. The summed E-state index contributed by atoms with van der Waals surface area (Å²) < 4.78 is 30.7. The number of benzene rings is 2. The van der Waals surface area contributed by atoms with Crippen LogP contribution in [0.4, 0.5) is 0 Å². The molecule has 0 amide bonds. The van der Waals surface area contributed by atoms with Gasteiger partial charge in [-0.2, -0.15) is 0 Å². The van der Waals surface area contributed by atoms with Gasteiger partial charge in [-0.05, 0) is 65.1 Å². The number of aromatic nitrogens is 1. The van der Waals surface area contributed by atoms with Crippen LogP contribution in [-0.4, -0.2) is 19.7 Å². The number of halogens is 2. The van der Waals surface area contributed by atoms with Crippen LogP contribution >= 0.6 is 38.5 Å². The van der Waals surface area contributed by atoms with Gasteiger partial charge < -0.3 is 4.74 Å². The average molecular weight is 504 g/mol. The molecule has 0 N–H and O–H groups in total. The van der Waals surface area contributed by atoms with Gasteiger partial charge >= 0.3 is 0 Å². The van der Waals surface area contributed by atoms with Gasteiger partial charge in [0.25, 0.3) is 0 Å². The first-order valence-electron chi connectivity index (χ1n) is 6.57. The fraction of sp³-hybridized carbons (Fsp3) is 0.0625. The van der Waals surface area contributed by atoms with Crippen LogP contribution in [0.5, 0.6) is 11.6 Å². The standard InChI is InChI=1S/C16H11BrINO3S/c1-23(20,21)13-5-3-12(4-6-13)22-15-7-2-10-8-11(17)9-14(18)16(10)19-15/h2-9H,1H3. The van der Waals surface area contributed by atoms with Crippen molar-refractivity contribution in [3.8, 4) is 11.6 Å². The van der Waals surface area contributed by atoms with Gasteiger partial charge in [0.05, 0.1) is 10.4 Å². The minimum Gasteiger partial charge on any atom is -0.439 e. The van der Waals surface area contributed by atoms with Crippen molar-refractivity contribution in [1.82, 2.24) is 4.98 Å². The van der Waals surface area contributed by atoms with Gasteiger partial charge in [0.2, 0.25) is 5.88 Å². The zero-order valence-corrected chi connectivity index (χ0v) is 16.5.